The van der Waals surface area contributed by atoms with E-state index in [2.05, 4.69) is 30.7 Å². The van der Waals surface area contributed by atoms with Crippen LogP contribution in [0, 0.1) is 0 Å². The van der Waals surface area contributed by atoms with Gasteiger partial charge in [-0.25, -0.2) is 4.79 Å². The predicted molar refractivity (Wildman–Crippen MR) is 79.0 cm³/mol. The SMILES string of the molecule is CCN(CC)C(=O)N1CC2CCC1CN2C.Cl.Cl. The van der Waals surface area contributed by atoms with Gasteiger partial charge in [-0.05, 0) is 33.7 Å². The van der Waals surface area contributed by atoms with Crippen LogP contribution in [0.5, 0.6) is 0 Å². The highest BCUT2D eigenvalue weighted by atomic mass is 35.5. The van der Waals surface area contributed by atoms with Crippen LogP contribution in [0.2, 0.25) is 0 Å². The highest BCUT2D eigenvalue weighted by Crippen LogP contribution is 2.28. The molecule has 18 heavy (non-hydrogen) atoms. The number of likely N-dealkylation sites (N-methyl/N-ethyl adjacent to an activating group) is 1. The highest BCUT2D eigenvalue weighted by molar-refractivity contribution is 5.85. The Bertz CT molecular complexity index is 274. The molecule has 2 unspecified atom stereocenters. The van der Waals surface area contributed by atoms with E-state index >= 15 is 0 Å². The van der Waals surface area contributed by atoms with Gasteiger partial charge in [0.25, 0.3) is 0 Å². The maximum absolute atomic E-state index is 12.3. The van der Waals surface area contributed by atoms with Gasteiger partial charge in [-0.15, -0.1) is 24.8 Å². The molecule has 0 saturated carbocycles. The molecule has 0 N–H and O–H groups in total. The topological polar surface area (TPSA) is 26.8 Å². The molecule has 2 atom stereocenters. The molecular weight excluding hydrogens is 273 g/mol. The molecule has 0 aromatic carbocycles. The van der Waals surface area contributed by atoms with Crippen LogP contribution in [0.1, 0.15) is 26.7 Å². The fraction of sp³-hybridized carbons (Fsp3) is 0.917. The molecule has 6 heteroatoms. The van der Waals surface area contributed by atoms with Crippen LogP contribution < -0.4 is 0 Å². The number of hydrogen-bond donors (Lipinski definition) is 0. The van der Waals surface area contributed by atoms with E-state index in [9.17, 15) is 4.79 Å². The molecule has 0 aromatic heterocycles. The number of rotatable bonds is 2. The molecule has 0 radical (unpaired) electrons. The summed E-state index contributed by atoms with van der Waals surface area (Å²) in [7, 11) is 2.18. The van der Waals surface area contributed by atoms with Crippen molar-refractivity contribution in [1.82, 2.24) is 14.7 Å². The molecule has 3 aliphatic rings. The standard InChI is InChI=1S/C12H23N3O.2ClH/c1-4-14(5-2)12(16)15-9-10-6-7-11(15)8-13(10)3;;/h10-11H,4-9H2,1-3H3;2*1H. The van der Waals surface area contributed by atoms with Crippen molar-refractivity contribution in [3.05, 3.63) is 0 Å². The number of carbonyl (C=O) groups is 1. The number of fused-ring (bicyclic) bond motifs is 3. The maximum atomic E-state index is 12.3. The molecule has 3 fully saturated rings. The quantitative estimate of drug-likeness (QED) is 0.780. The lowest BCUT2D eigenvalue weighted by molar-refractivity contribution is 0.00776. The lowest BCUT2D eigenvalue weighted by Crippen LogP contribution is -2.64. The Hall–Kier alpha value is -0.190. The average molecular weight is 298 g/mol. The molecule has 3 aliphatic heterocycles. The summed E-state index contributed by atoms with van der Waals surface area (Å²) in [5.41, 5.74) is 0. The van der Waals surface area contributed by atoms with Crippen molar-refractivity contribution in [3.8, 4) is 0 Å². The molecule has 2 amide bonds. The van der Waals surface area contributed by atoms with Crippen molar-refractivity contribution in [2.75, 3.05) is 33.2 Å². The van der Waals surface area contributed by atoms with Gasteiger partial charge in [0.1, 0.15) is 0 Å². The summed E-state index contributed by atoms with van der Waals surface area (Å²) < 4.78 is 0. The van der Waals surface area contributed by atoms with Gasteiger partial charge in [0, 0.05) is 38.3 Å². The van der Waals surface area contributed by atoms with E-state index < -0.39 is 0 Å². The number of amides is 2. The van der Waals surface area contributed by atoms with Crippen LogP contribution in [0.25, 0.3) is 0 Å². The first-order valence-corrected chi connectivity index (χ1v) is 6.43. The molecule has 0 aliphatic carbocycles. The van der Waals surface area contributed by atoms with E-state index in [0.29, 0.717) is 12.1 Å². The summed E-state index contributed by atoms with van der Waals surface area (Å²) in [4.78, 5) is 18.7. The molecular formula is C12H25Cl2N3O. The van der Waals surface area contributed by atoms with Crippen molar-refractivity contribution in [2.24, 2.45) is 0 Å². The zero-order valence-electron chi connectivity index (χ0n) is 11.5. The summed E-state index contributed by atoms with van der Waals surface area (Å²) >= 11 is 0. The maximum Gasteiger partial charge on any atom is 0.320 e. The molecule has 3 rings (SSSR count). The van der Waals surface area contributed by atoms with Gasteiger partial charge in [-0.1, -0.05) is 0 Å². The molecule has 0 aromatic rings. The molecule has 108 valence electrons. The Morgan fingerprint density at radius 1 is 1.11 bits per heavy atom. The number of halogens is 2. The summed E-state index contributed by atoms with van der Waals surface area (Å²) in [6.45, 7) is 7.72. The van der Waals surface area contributed by atoms with Crippen molar-refractivity contribution in [2.45, 2.75) is 38.8 Å². The first kappa shape index (κ1) is 17.8. The summed E-state index contributed by atoms with van der Waals surface area (Å²) in [6, 6.07) is 1.28. The van der Waals surface area contributed by atoms with Crippen LogP contribution in [0.3, 0.4) is 0 Å². The minimum Gasteiger partial charge on any atom is -0.325 e. The monoisotopic (exact) mass is 297 g/mol. The molecule has 2 bridgehead atoms. The van der Waals surface area contributed by atoms with E-state index in [1.807, 2.05) is 4.90 Å². The van der Waals surface area contributed by atoms with Gasteiger partial charge in [0.2, 0.25) is 0 Å². The van der Waals surface area contributed by atoms with Crippen LogP contribution in [0.4, 0.5) is 4.79 Å². The Balaban J connectivity index is 0.00000144. The van der Waals surface area contributed by atoms with E-state index in [1.54, 1.807) is 0 Å². The van der Waals surface area contributed by atoms with Crippen molar-refractivity contribution < 1.29 is 4.79 Å². The van der Waals surface area contributed by atoms with Gasteiger partial charge in [0.15, 0.2) is 0 Å². The van der Waals surface area contributed by atoms with Crippen molar-refractivity contribution in [1.29, 1.82) is 0 Å². The lowest BCUT2D eigenvalue weighted by atomic mass is 9.92. The number of carbonyl (C=O) groups excluding carboxylic acids is 1. The second-order valence-corrected chi connectivity index (χ2v) is 4.93. The van der Waals surface area contributed by atoms with Crippen LogP contribution in [0.15, 0.2) is 0 Å². The van der Waals surface area contributed by atoms with Gasteiger partial charge in [-0.2, -0.15) is 0 Å². The van der Waals surface area contributed by atoms with E-state index in [4.69, 9.17) is 0 Å². The molecule has 3 heterocycles. The number of piperidine rings is 2. The minimum absolute atomic E-state index is 0. The van der Waals surface area contributed by atoms with Gasteiger partial charge in [0.05, 0.1) is 0 Å². The van der Waals surface area contributed by atoms with E-state index in [1.165, 1.54) is 12.8 Å². The van der Waals surface area contributed by atoms with E-state index in [0.717, 1.165) is 26.2 Å². The van der Waals surface area contributed by atoms with Gasteiger partial charge < -0.3 is 9.80 Å². The van der Waals surface area contributed by atoms with Gasteiger partial charge in [-0.3, -0.25) is 4.90 Å². The number of urea groups is 1. The third kappa shape index (κ3) is 3.22. The fourth-order valence-corrected chi connectivity index (χ4v) is 2.95. The summed E-state index contributed by atoms with van der Waals surface area (Å²) in [5.74, 6) is 0. The number of hydrogen-bond acceptors (Lipinski definition) is 2. The average Bonchev–Trinajstić information content (AvgIpc) is 2.31. The molecule has 3 saturated heterocycles. The third-order valence-corrected chi connectivity index (χ3v) is 4.08. The minimum atomic E-state index is 0. The third-order valence-electron chi connectivity index (χ3n) is 4.08. The largest absolute Gasteiger partial charge is 0.325 e. The smallest absolute Gasteiger partial charge is 0.320 e. The first-order chi connectivity index (χ1) is 7.67. The summed E-state index contributed by atoms with van der Waals surface area (Å²) in [6.07, 6.45) is 2.44. The van der Waals surface area contributed by atoms with Crippen LogP contribution in [-0.2, 0) is 0 Å². The Kier molecular flexibility index (Phi) is 7.33. The molecule has 0 spiro atoms. The summed E-state index contributed by atoms with van der Waals surface area (Å²) in [5, 5.41) is 0. The van der Waals surface area contributed by atoms with Gasteiger partial charge >= 0.3 is 6.03 Å². The predicted octanol–water partition coefficient (Wildman–Crippen LogP) is 2.07. The number of piperazine rings is 1. The second-order valence-electron chi connectivity index (χ2n) is 4.93. The Morgan fingerprint density at radius 3 is 2.06 bits per heavy atom. The second kappa shape index (κ2) is 7.41. The zero-order valence-corrected chi connectivity index (χ0v) is 13.1. The first-order valence-electron chi connectivity index (χ1n) is 6.43. The van der Waals surface area contributed by atoms with Crippen LogP contribution in [-0.4, -0.2) is 66.0 Å². The van der Waals surface area contributed by atoms with Crippen molar-refractivity contribution in [3.63, 3.8) is 0 Å². The molecule has 4 nitrogen and oxygen atoms in total. The zero-order chi connectivity index (χ0) is 11.7. The highest BCUT2D eigenvalue weighted by Gasteiger charge is 2.40. The normalized spacial score (nSPS) is 26.3. The lowest BCUT2D eigenvalue weighted by Gasteiger charge is -2.51. The van der Waals surface area contributed by atoms with Crippen molar-refractivity contribution >= 4 is 30.8 Å². The van der Waals surface area contributed by atoms with E-state index in [-0.39, 0.29) is 30.8 Å². The fourth-order valence-electron chi connectivity index (χ4n) is 2.95. The Morgan fingerprint density at radius 2 is 1.67 bits per heavy atom. The Labute approximate surface area is 122 Å². The number of nitrogens with zero attached hydrogens (tertiary/aromatic N) is 3. The van der Waals surface area contributed by atoms with Crippen LogP contribution >= 0.6 is 24.8 Å².